The Morgan fingerprint density at radius 3 is 2.54 bits per heavy atom. The smallest absolute Gasteiger partial charge is 0.153 e. The zero-order valence-corrected chi connectivity index (χ0v) is 8.65. The first-order valence-corrected chi connectivity index (χ1v) is 6.84. The predicted molar refractivity (Wildman–Crippen MR) is 52.4 cm³/mol. The molecule has 13 heavy (non-hydrogen) atoms. The normalized spacial score (nSPS) is 39.1. The highest BCUT2D eigenvalue weighted by atomic mass is 32.2. The third kappa shape index (κ3) is 1.89. The van der Waals surface area contributed by atoms with Crippen LogP contribution in [0.1, 0.15) is 25.7 Å². The summed E-state index contributed by atoms with van der Waals surface area (Å²) in [6, 6.07) is 0. The Morgan fingerprint density at radius 2 is 2.00 bits per heavy atom. The Morgan fingerprint density at radius 1 is 1.15 bits per heavy atom. The van der Waals surface area contributed by atoms with E-state index in [1.54, 1.807) is 0 Å². The molecule has 1 N–H and O–H groups in total. The van der Waals surface area contributed by atoms with E-state index in [-0.39, 0.29) is 5.25 Å². The summed E-state index contributed by atoms with van der Waals surface area (Å²) in [6.45, 7) is 1.97. The van der Waals surface area contributed by atoms with Crippen LogP contribution in [0.4, 0.5) is 0 Å². The van der Waals surface area contributed by atoms with Crippen molar-refractivity contribution in [3.63, 3.8) is 0 Å². The van der Waals surface area contributed by atoms with Crippen molar-refractivity contribution in [3.05, 3.63) is 0 Å². The topological polar surface area (TPSA) is 46.2 Å². The molecular formula is C9H17NO2S. The van der Waals surface area contributed by atoms with E-state index in [2.05, 4.69) is 5.32 Å². The molecule has 0 radical (unpaired) electrons. The predicted octanol–water partition coefficient (Wildman–Crippen LogP) is 0.563. The second-order valence-electron chi connectivity index (χ2n) is 4.15. The molecule has 4 heteroatoms. The van der Waals surface area contributed by atoms with Crippen LogP contribution in [0.25, 0.3) is 0 Å². The molecule has 2 saturated heterocycles. The Labute approximate surface area is 79.8 Å². The van der Waals surface area contributed by atoms with Gasteiger partial charge in [-0.25, -0.2) is 8.42 Å². The third-order valence-electron chi connectivity index (χ3n) is 3.24. The van der Waals surface area contributed by atoms with E-state index in [0.29, 0.717) is 11.7 Å². The van der Waals surface area contributed by atoms with Gasteiger partial charge in [-0.15, -0.1) is 0 Å². The fourth-order valence-electron chi connectivity index (χ4n) is 2.54. The lowest BCUT2D eigenvalue weighted by atomic mass is 9.94. The van der Waals surface area contributed by atoms with Gasteiger partial charge in [0.15, 0.2) is 9.84 Å². The van der Waals surface area contributed by atoms with Crippen LogP contribution in [0.3, 0.4) is 0 Å². The fraction of sp³-hybridized carbons (Fsp3) is 1.00. The number of sulfone groups is 1. The molecule has 0 saturated carbocycles. The second kappa shape index (κ2) is 3.58. The van der Waals surface area contributed by atoms with Gasteiger partial charge in [0.25, 0.3) is 0 Å². The first kappa shape index (κ1) is 9.46. The molecule has 0 aliphatic carbocycles. The molecule has 2 rings (SSSR count). The summed E-state index contributed by atoms with van der Waals surface area (Å²) in [5.74, 6) is 0.815. The summed E-state index contributed by atoms with van der Waals surface area (Å²) >= 11 is 0. The molecule has 0 aromatic heterocycles. The van der Waals surface area contributed by atoms with Crippen LogP contribution < -0.4 is 5.32 Å². The molecule has 2 aliphatic heterocycles. The van der Waals surface area contributed by atoms with Gasteiger partial charge in [-0.3, -0.25) is 0 Å². The fourth-order valence-corrected chi connectivity index (χ4v) is 4.76. The van der Waals surface area contributed by atoms with Gasteiger partial charge in [-0.05, 0) is 44.7 Å². The van der Waals surface area contributed by atoms with Crippen LogP contribution >= 0.6 is 0 Å². The molecule has 76 valence electrons. The maximum Gasteiger partial charge on any atom is 0.153 e. The summed E-state index contributed by atoms with van der Waals surface area (Å²) in [5.41, 5.74) is 0. The molecule has 0 bridgehead atoms. The van der Waals surface area contributed by atoms with Crippen LogP contribution in [-0.2, 0) is 9.84 Å². The van der Waals surface area contributed by atoms with Crippen LogP contribution in [0.2, 0.25) is 0 Å². The Kier molecular flexibility index (Phi) is 2.60. The first-order valence-electron chi connectivity index (χ1n) is 5.12. The van der Waals surface area contributed by atoms with E-state index in [1.807, 2.05) is 0 Å². The van der Waals surface area contributed by atoms with Crippen molar-refractivity contribution in [2.24, 2.45) is 5.92 Å². The molecule has 0 unspecified atom stereocenters. The van der Waals surface area contributed by atoms with Crippen LogP contribution in [0.15, 0.2) is 0 Å². The zero-order chi connectivity index (χ0) is 9.31. The van der Waals surface area contributed by atoms with E-state index in [1.165, 1.54) is 0 Å². The van der Waals surface area contributed by atoms with Crippen molar-refractivity contribution in [3.8, 4) is 0 Å². The van der Waals surface area contributed by atoms with Crippen molar-refractivity contribution in [1.82, 2.24) is 5.32 Å². The van der Waals surface area contributed by atoms with Gasteiger partial charge in [-0.1, -0.05) is 0 Å². The first-order chi connectivity index (χ1) is 6.20. The average Bonchev–Trinajstić information content (AvgIpc) is 2.47. The molecule has 3 nitrogen and oxygen atoms in total. The van der Waals surface area contributed by atoms with Gasteiger partial charge < -0.3 is 5.32 Å². The highest BCUT2D eigenvalue weighted by Crippen LogP contribution is 2.30. The van der Waals surface area contributed by atoms with Crippen molar-refractivity contribution >= 4 is 9.84 Å². The Balaban J connectivity index is 2.07. The quantitative estimate of drug-likeness (QED) is 0.677. The molecule has 0 aromatic rings. The minimum atomic E-state index is -2.73. The van der Waals surface area contributed by atoms with Gasteiger partial charge in [0.2, 0.25) is 0 Å². The minimum Gasteiger partial charge on any atom is -0.316 e. The molecule has 2 fully saturated rings. The molecule has 0 aromatic carbocycles. The van der Waals surface area contributed by atoms with Crippen molar-refractivity contribution < 1.29 is 8.42 Å². The zero-order valence-electron chi connectivity index (χ0n) is 7.83. The summed E-state index contributed by atoms with van der Waals surface area (Å²) in [5, 5.41) is 3.26. The molecule has 2 aliphatic rings. The van der Waals surface area contributed by atoms with Crippen LogP contribution in [-0.4, -0.2) is 32.5 Å². The summed E-state index contributed by atoms with van der Waals surface area (Å²) < 4.78 is 23.3. The van der Waals surface area contributed by atoms with Crippen LogP contribution in [0, 0.1) is 5.92 Å². The Bertz CT molecular complexity index is 267. The number of rotatable bonds is 1. The maximum atomic E-state index is 11.6. The van der Waals surface area contributed by atoms with Gasteiger partial charge in [-0.2, -0.15) is 0 Å². The second-order valence-corrected chi connectivity index (χ2v) is 6.49. The summed E-state index contributed by atoms with van der Waals surface area (Å²) in [4.78, 5) is 0. The molecule has 0 amide bonds. The van der Waals surface area contributed by atoms with E-state index in [4.69, 9.17) is 0 Å². The lowest BCUT2D eigenvalue weighted by Crippen LogP contribution is -2.38. The number of nitrogens with one attached hydrogen (secondary N) is 1. The standard InChI is InChI=1S/C9H17NO2S/c11-13(12)6-2-4-9(13)8-3-1-5-10-7-8/h8-10H,1-7H2/t8-,9-/m1/s1. The van der Waals surface area contributed by atoms with Gasteiger partial charge in [0.05, 0.1) is 11.0 Å². The molecular weight excluding hydrogens is 186 g/mol. The monoisotopic (exact) mass is 203 g/mol. The lowest BCUT2D eigenvalue weighted by molar-refractivity contribution is 0.356. The van der Waals surface area contributed by atoms with E-state index in [9.17, 15) is 8.42 Å². The number of piperidine rings is 1. The Hall–Kier alpha value is -0.0900. The number of hydrogen-bond acceptors (Lipinski definition) is 3. The molecule has 0 spiro atoms. The van der Waals surface area contributed by atoms with Crippen molar-refractivity contribution in [2.75, 3.05) is 18.8 Å². The van der Waals surface area contributed by atoms with E-state index < -0.39 is 9.84 Å². The van der Waals surface area contributed by atoms with Crippen molar-refractivity contribution in [2.45, 2.75) is 30.9 Å². The van der Waals surface area contributed by atoms with Gasteiger partial charge in [0, 0.05) is 0 Å². The van der Waals surface area contributed by atoms with Crippen molar-refractivity contribution in [1.29, 1.82) is 0 Å². The SMILES string of the molecule is O=S1(=O)CCC[C@@H]1[C@@H]1CCCNC1. The minimum absolute atomic E-state index is 0.0275. The number of hydrogen-bond donors (Lipinski definition) is 1. The van der Waals surface area contributed by atoms with E-state index in [0.717, 1.165) is 38.8 Å². The van der Waals surface area contributed by atoms with Crippen LogP contribution in [0.5, 0.6) is 0 Å². The van der Waals surface area contributed by atoms with Gasteiger partial charge >= 0.3 is 0 Å². The molecule has 2 heterocycles. The maximum absolute atomic E-state index is 11.6. The highest BCUT2D eigenvalue weighted by molar-refractivity contribution is 7.92. The summed E-state index contributed by atoms with van der Waals surface area (Å²) in [7, 11) is -2.73. The third-order valence-corrected chi connectivity index (χ3v) is 5.64. The lowest BCUT2D eigenvalue weighted by Gasteiger charge is -2.27. The highest BCUT2D eigenvalue weighted by Gasteiger charge is 2.37. The molecule has 2 atom stereocenters. The van der Waals surface area contributed by atoms with Gasteiger partial charge in [0.1, 0.15) is 0 Å². The average molecular weight is 203 g/mol. The van der Waals surface area contributed by atoms with E-state index >= 15 is 0 Å². The summed E-state index contributed by atoms with van der Waals surface area (Å²) in [6.07, 6.45) is 4.01. The largest absolute Gasteiger partial charge is 0.316 e.